The maximum Gasteiger partial charge on any atom is 0.264 e. The number of benzene rings is 2. The highest BCUT2D eigenvalue weighted by Gasteiger charge is 2.28. The summed E-state index contributed by atoms with van der Waals surface area (Å²) in [5.74, 6) is 1.47. The number of ether oxygens (including phenoxy) is 2. The van der Waals surface area contributed by atoms with Crippen molar-refractivity contribution in [3.63, 3.8) is 0 Å². The van der Waals surface area contributed by atoms with Gasteiger partial charge in [0.05, 0.1) is 17.1 Å². The molecule has 1 aromatic heterocycles. The standard InChI is InChI=1S/C23H20N2O4S/c26-23(22-7-4-10-30-22)25(13-16-5-2-1-3-6-16)14-18-12-19(24-29-18)17-8-9-20-21(11-17)28-15-27-20/h1-11,18H,12-15H2. The Hall–Kier alpha value is -3.32. The van der Waals surface area contributed by atoms with E-state index in [9.17, 15) is 4.79 Å². The topological polar surface area (TPSA) is 60.4 Å². The van der Waals surface area contributed by atoms with Crippen LogP contribution in [0.25, 0.3) is 0 Å². The first-order valence-electron chi connectivity index (χ1n) is 9.76. The third-order valence-corrected chi connectivity index (χ3v) is 5.96. The van der Waals surface area contributed by atoms with E-state index in [0.717, 1.165) is 33.2 Å². The summed E-state index contributed by atoms with van der Waals surface area (Å²) in [6.07, 6.45) is 0.431. The highest BCUT2D eigenvalue weighted by molar-refractivity contribution is 7.12. The zero-order valence-electron chi connectivity index (χ0n) is 16.2. The lowest BCUT2D eigenvalue weighted by atomic mass is 10.0. The van der Waals surface area contributed by atoms with E-state index in [0.29, 0.717) is 19.5 Å². The molecule has 0 bridgehead atoms. The number of oxime groups is 1. The molecule has 30 heavy (non-hydrogen) atoms. The average Bonchev–Trinajstić information content (AvgIpc) is 3.54. The number of thiophene rings is 1. The van der Waals surface area contributed by atoms with Crippen molar-refractivity contribution >= 4 is 23.0 Å². The number of amides is 1. The molecule has 0 N–H and O–H groups in total. The maximum atomic E-state index is 13.1. The molecular formula is C23H20N2O4S. The van der Waals surface area contributed by atoms with Gasteiger partial charge in [-0.15, -0.1) is 11.3 Å². The van der Waals surface area contributed by atoms with Gasteiger partial charge in [0, 0.05) is 18.5 Å². The van der Waals surface area contributed by atoms with Crippen LogP contribution in [0.3, 0.4) is 0 Å². The SMILES string of the molecule is O=C(c1cccs1)N(Cc1ccccc1)CC1CC(c2ccc3c(c2)OCO3)=NO1. The summed E-state index contributed by atoms with van der Waals surface area (Å²) in [7, 11) is 0. The van der Waals surface area contributed by atoms with Crippen LogP contribution in [0.4, 0.5) is 0 Å². The molecule has 2 aliphatic heterocycles. The number of rotatable bonds is 6. The molecule has 0 spiro atoms. The summed E-state index contributed by atoms with van der Waals surface area (Å²) >= 11 is 1.45. The van der Waals surface area contributed by atoms with Crippen LogP contribution in [0, 0.1) is 0 Å². The molecule has 1 atom stereocenters. The number of carbonyl (C=O) groups excluding carboxylic acids is 1. The van der Waals surface area contributed by atoms with Crippen molar-refractivity contribution in [1.82, 2.24) is 4.90 Å². The van der Waals surface area contributed by atoms with Crippen LogP contribution in [0.5, 0.6) is 11.5 Å². The normalized spacial score (nSPS) is 16.8. The van der Waals surface area contributed by atoms with Crippen molar-refractivity contribution < 1.29 is 19.1 Å². The van der Waals surface area contributed by atoms with E-state index in [1.54, 1.807) is 0 Å². The Bertz CT molecular complexity index is 1070. The predicted octanol–water partition coefficient (Wildman–Crippen LogP) is 4.31. The van der Waals surface area contributed by atoms with E-state index in [4.69, 9.17) is 14.3 Å². The van der Waals surface area contributed by atoms with Crippen LogP contribution in [-0.4, -0.2) is 36.0 Å². The summed E-state index contributed by atoms with van der Waals surface area (Å²) in [5, 5.41) is 6.20. The van der Waals surface area contributed by atoms with Gasteiger partial charge in [0.2, 0.25) is 6.79 Å². The minimum atomic E-state index is -0.196. The molecule has 7 heteroatoms. The highest BCUT2D eigenvalue weighted by atomic mass is 32.1. The van der Waals surface area contributed by atoms with Crippen LogP contribution >= 0.6 is 11.3 Å². The molecule has 1 amide bonds. The smallest absolute Gasteiger partial charge is 0.264 e. The van der Waals surface area contributed by atoms with Crippen molar-refractivity contribution in [2.24, 2.45) is 5.16 Å². The fourth-order valence-corrected chi connectivity index (χ4v) is 4.29. The Balaban J connectivity index is 1.30. The van der Waals surface area contributed by atoms with E-state index in [2.05, 4.69) is 5.16 Å². The molecule has 3 aromatic rings. The van der Waals surface area contributed by atoms with Gasteiger partial charge in [-0.3, -0.25) is 4.79 Å². The number of hydrogen-bond acceptors (Lipinski definition) is 6. The Morgan fingerprint density at radius 3 is 2.77 bits per heavy atom. The van der Waals surface area contributed by atoms with E-state index in [1.807, 2.05) is 70.9 Å². The van der Waals surface area contributed by atoms with E-state index in [1.165, 1.54) is 11.3 Å². The first kappa shape index (κ1) is 18.7. The molecule has 2 aliphatic rings. The second-order valence-corrected chi connectivity index (χ2v) is 8.13. The van der Waals surface area contributed by atoms with E-state index < -0.39 is 0 Å². The molecule has 0 radical (unpaired) electrons. The van der Waals surface area contributed by atoms with Gasteiger partial charge in [0.1, 0.15) is 0 Å². The third kappa shape index (κ3) is 3.89. The van der Waals surface area contributed by atoms with Crippen LogP contribution in [0.15, 0.2) is 71.2 Å². The largest absolute Gasteiger partial charge is 0.454 e. The van der Waals surface area contributed by atoms with Gasteiger partial charge in [-0.05, 0) is 35.2 Å². The van der Waals surface area contributed by atoms with Crippen LogP contribution in [0.2, 0.25) is 0 Å². The molecule has 0 saturated heterocycles. The Labute approximate surface area is 178 Å². The van der Waals surface area contributed by atoms with Gasteiger partial charge in [0.25, 0.3) is 5.91 Å². The van der Waals surface area contributed by atoms with Gasteiger partial charge in [-0.1, -0.05) is 41.6 Å². The van der Waals surface area contributed by atoms with Crippen molar-refractivity contribution in [3.05, 3.63) is 82.0 Å². The third-order valence-electron chi connectivity index (χ3n) is 5.10. The lowest BCUT2D eigenvalue weighted by Crippen LogP contribution is -2.37. The molecule has 0 aliphatic carbocycles. The van der Waals surface area contributed by atoms with Crippen LogP contribution < -0.4 is 9.47 Å². The van der Waals surface area contributed by atoms with Gasteiger partial charge in [-0.2, -0.15) is 0 Å². The van der Waals surface area contributed by atoms with Crippen molar-refractivity contribution in [2.75, 3.05) is 13.3 Å². The maximum absolute atomic E-state index is 13.1. The van der Waals surface area contributed by atoms with Crippen molar-refractivity contribution in [1.29, 1.82) is 0 Å². The number of fused-ring (bicyclic) bond motifs is 1. The Morgan fingerprint density at radius 2 is 1.93 bits per heavy atom. The zero-order valence-corrected chi connectivity index (χ0v) is 17.0. The zero-order chi connectivity index (χ0) is 20.3. The molecule has 5 rings (SSSR count). The highest BCUT2D eigenvalue weighted by Crippen LogP contribution is 2.33. The van der Waals surface area contributed by atoms with Crippen molar-refractivity contribution in [2.45, 2.75) is 19.1 Å². The number of carbonyl (C=O) groups is 1. The average molecular weight is 420 g/mol. The summed E-state index contributed by atoms with van der Waals surface area (Å²) in [4.78, 5) is 21.4. The number of nitrogens with zero attached hydrogens (tertiary/aromatic N) is 2. The van der Waals surface area contributed by atoms with E-state index >= 15 is 0 Å². The van der Waals surface area contributed by atoms with E-state index in [-0.39, 0.29) is 18.8 Å². The lowest BCUT2D eigenvalue weighted by Gasteiger charge is -2.24. The van der Waals surface area contributed by atoms with Crippen LogP contribution in [0.1, 0.15) is 27.2 Å². The second-order valence-electron chi connectivity index (χ2n) is 7.19. The molecule has 6 nitrogen and oxygen atoms in total. The molecule has 0 fully saturated rings. The summed E-state index contributed by atoms with van der Waals surface area (Å²) < 4.78 is 10.8. The fraction of sp³-hybridized carbons (Fsp3) is 0.217. The molecule has 1 unspecified atom stereocenters. The van der Waals surface area contributed by atoms with Gasteiger partial charge >= 0.3 is 0 Å². The molecular weight excluding hydrogens is 400 g/mol. The quantitative estimate of drug-likeness (QED) is 0.596. The molecule has 2 aromatic carbocycles. The van der Waals surface area contributed by atoms with Crippen LogP contribution in [-0.2, 0) is 11.4 Å². The Kier molecular flexibility index (Phi) is 5.11. The van der Waals surface area contributed by atoms with Gasteiger partial charge in [0.15, 0.2) is 17.6 Å². The minimum absolute atomic E-state index is 0.00832. The molecule has 3 heterocycles. The molecule has 0 saturated carbocycles. The predicted molar refractivity (Wildman–Crippen MR) is 114 cm³/mol. The van der Waals surface area contributed by atoms with Gasteiger partial charge < -0.3 is 19.2 Å². The lowest BCUT2D eigenvalue weighted by molar-refractivity contribution is 0.0408. The Morgan fingerprint density at radius 1 is 1.07 bits per heavy atom. The van der Waals surface area contributed by atoms with Gasteiger partial charge in [-0.25, -0.2) is 0 Å². The minimum Gasteiger partial charge on any atom is -0.454 e. The number of hydrogen-bond donors (Lipinski definition) is 0. The summed E-state index contributed by atoms with van der Waals surface area (Å²) in [6, 6.07) is 19.5. The first-order valence-corrected chi connectivity index (χ1v) is 10.6. The second kappa shape index (κ2) is 8.20. The molecule has 152 valence electrons. The summed E-state index contributed by atoms with van der Waals surface area (Å²) in [5.41, 5.74) is 2.87. The summed E-state index contributed by atoms with van der Waals surface area (Å²) in [6.45, 7) is 1.23. The van der Waals surface area contributed by atoms with Crippen molar-refractivity contribution in [3.8, 4) is 11.5 Å². The fourth-order valence-electron chi connectivity index (χ4n) is 3.60. The monoisotopic (exact) mass is 420 g/mol. The first-order chi connectivity index (χ1) is 14.8.